The lowest BCUT2D eigenvalue weighted by Crippen LogP contribution is -2.59. The molecule has 0 spiro atoms. The number of carboxylic acids is 1. The summed E-state index contributed by atoms with van der Waals surface area (Å²) in [5, 5.41) is 12.4. The summed E-state index contributed by atoms with van der Waals surface area (Å²) in [4.78, 5) is 25.8. The van der Waals surface area contributed by atoms with Crippen LogP contribution in [0.15, 0.2) is 0 Å². The van der Waals surface area contributed by atoms with Crippen LogP contribution in [-0.4, -0.2) is 54.4 Å². The molecule has 6 nitrogen and oxygen atoms in total. The Kier molecular flexibility index (Phi) is 5.08. The average molecular weight is 298 g/mol. The summed E-state index contributed by atoms with van der Waals surface area (Å²) in [6.45, 7) is 4.01. The second-order valence-corrected chi connectivity index (χ2v) is 6.57. The zero-order valence-corrected chi connectivity index (χ0v) is 12.9. The molecule has 1 saturated carbocycles. The van der Waals surface area contributed by atoms with E-state index in [2.05, 4.69) is 5.32 Å². The molecule has 0 aromatic heterocycles. The van der Waals surface area contributed by atoms with Crippen molar-refractivity contribution in [3.8, 4) is 0 Å². The Bertz CT molecular complexity index is 401. The highest BCUT2D eigenvalue weighted by molar-refractivity contribution is 5.86. The van der Waals surface area contributed by atoms with Gasteiger partial charge in [0.15, 0.2) is 0 Å². The lowest BCUT2D eigenvalue weighted by Gasteiger charge is -2.38. The lowest BCUT2D eigenvalue weighted by atomic mass is 9.76. The van der Waals surface area contributed by atoms with Gasteiger partial charge >= 0.3 is 12.0 Å². The number of nitrogens with one attached hydrogen (secondary N) is 1. The minimum absolute atomic E-state index is 0.245. The van der Waals surface area contributed by atoms with Crippen molar-refractivity contribution >= 4 is 12.0 Å². The minimum atomic E-state index is -1.09. The number of carbonyl (C=O) groups is 2. The molecule has 2 amide bonds. The first-order valence-electron chi connectivity index (χ1n) is 7.76. The van der Waals surface area contributed by atoms with E-state index in [1.165, 1.54) is 0 Å². The second kappa shape index (κ2) is 6.64. The van der Waals surface area contributed by atoms with Gasteiger partial charge in [-0.1, -0.05) is 19.8 Å². The van der Waals surface area contributed by atoms with E-state index >= 15 is 0 Å². The van der Waals surface area contributed by atoms with Crippen LogP contribution in [0, 0.1) is 11.8 Å². The number of hydrogen-bond donors (Lipinski definition) is 2. The van der Waals surface area contributed by atoms with Crippen molar-refractivity contribution in [3.63, 3.8) is 0 Å². The molecule has 1 heterocycles. The smallest absolute Gasteiger partial charge is 0.329 e. The molecule has 1 aliphatic carbocycles. The van der Waals surface area contributed by atoms with E-state index in [9.17, 15) is 14.7 Å². The van der Waals surface area contributed by atoms with E-state index in [0.717, 1.165) is 19.3 Å². The first kappa shape index (κ1) is 16.1. The fraction of sp³-hybridized carbons (Fsp3) is 0.867. The SMILES string of the molecule is COCC1CCN(C(=O)NC2(C(=O)O)CCCC(C)C2)C1. The molecule has 2 N–H and O–H groups in total. The largest absolute Gasteiger partial charge is 0.480 e. The van der Waals surface area contributed by atoms with Crippen molar-refractivity contribution in [2.75, 3.05) is 26.8 Å². The molecule has 120 valence electrons. The van der Waals surface area contributed by atoms with Crippen molar-refractivity contribution in [2.24, 2.45) is 11.8 Å². The zero-order valence-electron chi connectivity index (χ0n) is 12.9. The van der Waals surface area contributed by atoms with Crippen molar-refractivity contribution in [1.82, 2.24) is 10.2 Å². The summed E-state index contributed by atoms with van der Waals surface area (Å²) in [7, 11) is 1.66. The van der Waals surface area contributed by atoms with Crippen LogP contribution in [0.5, 0.6) is 0 Å². The number of amides is 2. The van der Waals surface area contributed by atoms with Crippen LogP contribution < -0.4 is 5.32 Å². The average Bonchev–Trinajstić information content (AvgIpc) is 2.87. The summed E-state index contributed by atoms with van der Waals surface area (Å²) in [5.74, 6) is -0.225. The van der Waals surface area contributed by atoms with Gasteiger partial charge in [0.1, 0.15) is 5.54 Å². The van der Waals surface area contributed by atoms with Crippen molar-refractivity contribution in [3.05, 3.63) is 0 Å². The molecular weight excluding hydrogens is 272 g/mol. The highest BCUT2D eigenvalue weighted by atomic mass is 16.5. The molecule has 0 bridgehead atoms. The second-order valence-electron chi connectivity index (χ2n) is 6.57. The number of aliphatic carboxylic acids is 1. The van der Waals surface area contributed by atoms with Crippen LogP contribution in [0.1, 0.15) is 39.0 Å². The van der Waals surface area contributed by atoms with Gasteiger partial charge in [-0.3, -0.25) is 0 Å². The standard InChI is InChI=1S/C15H26N2O4/c1-11-4-3-6-15(8-11,13(18)19)16-14(20)17-7-5-12(9-17)10-21-2/h11-12H,3-10H2,1-2H3,(H,16,20)(H,18,19). The fourth-order valence-electron chi connectivity index (χ4n) is 3.59. The summed E-state index contributed by atoms with van der Waals surface area (Å²) < 4.78 is 5.12. The monoisotopic (exact) mass is 298 g/mol. The van der Waals surface area contributed by atoms with E-state index in [1.54, 1.807) is 12.0 Å². The molecule has 2 fully saturated rings. The number of nitrogens with zero attached hydrogens (tertiary/aromatic N) is 1. The molecule has 21 heavy (non-hydrogen) atoms. The van der Waals surface area contributed by atoms with E-state index in [0.29, 0.717) is 44.4 Å². The van der Waals surface area contributed by atoms with E-state index in [-0.39, 0.29) is 6.03 Å². The predicted molar refractivity (Wildman–Crippen MR) is 78.1 cm³/mol. The quantitative estimate of drug-likeness (QED) is 0.828. The van der Waals surface area contributed by atoms with Crippen LogP contribution in [0.2, 0.25) is 0 Å². The first-order chi connectivity index (χ1) is 9.97. The topological polar surface area (TPSA) is 78.9 Å². The molecule has 2 aliphatic rings. The molecule has 0 radical (unpaired) electrons. The van der Waals surface area contributed by atoms with Crippen molar-refractivity contribution < 1.29 is 19.4 Å². The number of hydrogen-bond acceptors (Lipinski definition) is 3. The fourth-order valence-corrected chi connectivity index (χ4v) is 3.59. The maximum Gasteiger partial charge on any atom is 0.329 e. The third-order valence-electron chi connectivity index (χ3n) is 4.73. The van der Waals surface area contributed by atoms with Gasteiger partial charge in [-0.2, -0.15) is 0 Å². The molecular formula is C15H26N2O4. The van der Waals surface area contributed by atoms with E-state index in [1.807, 2.05) is 6.92 Å². The number of carboxylic acid groups (broad SMARTS) is 1. The number of rotatable bonds is 4. The van der Waals surface area contributed by atoms with E-state index < -0.39 is 11.5 Å². The van der Waals surface area contributed by atoms with Gasteiger partial charge in [-0.15, -0.1) is 0 Å². The number of ether oxygens (including phenoxy) is 1. The summed E-state index contributed by atoms with van der Waals surface area (Å²) in [6.07, 6.45) is 3.83. The van der Waals surface area contributed by atoms with Crippen LogP contribution in [-0.2, 0) is 9.53 Å². The van der Waals surface area contributed by atoms with Crippen molar-refractivity contribution in [2.45, 2.75) is 44.6 Å². The summed E-state index contributed by atoms with van der Waals surface area (Å²) >= 11 is 0. The molecule has 0 aromatic rings. The molecule has 0 aromatic carbocycles. The molecule has 3 atom stereocenters. The maximum atomic E-state index is 12.4. The number of carbonyl (C=O) groups excluding carboxylic acids is 1. The summed E-state index contributed by atoms with van der Waals surface area (Å²) in [5.41, 5.74) is -1.09. The third kappa shape index (κ3) is 3.67. The van der Waals surface area contributed by atoms with Gasteiger partial charge in [-0.05, 0) is 25.2 Å². The Morgan fingerprint density at radius 2 is 2.19 bits per heavy atom. The van der Waals surface area contributed by atoms with Crippen LogP contribution in [0.3, 0.4) is 0 Å². The molecule has 6 heteroatoms. The Morgan fingerprint density at radius 1 is 1.43 bits per heavy atom. The highest BCUT2D eigenvalue weighted by Gasteiger charge is 2.44. The Morgan fingerprint density at radius 3 is 2.81 bits per heavy atom. The van der Waals surface area contributed by atoms with E-state index in [4.69, 9.17) is 4.74 Å². The molecule has 2 rings (SSSR count). The number of likely N-dealkylation sites (tertiary alicyclic amines) is 1. The highest BCUT2D eigenvalue weighted by Crippen LogP contribution is 2.33. The zero-order chi connectivity index (χ0) is 15.5. The van der Waals surface area contributed by atoms with Crippen molar-refractivity contribution in [1.29, 1.82) is 0 Å². The van der Waals surface area contributed by atoms with Gasteiger partial charge in [0, 0.05) is 26.1 Å². The van der Waals surface area contributed by atoms with Gasteiger partial charge in [0.05, 0.1) is 6.61 Å². The van der Waals surface area contributed by atoms with Crippen LogP contribution >= 0.6 is 0 Å². The van der Waals surface area contributed by atoms with Gasteiger partial charge in [-0.25, -0.2) is 9.59 Å². The normalized spacial score (nSPS) is 33.0. The van der Waals surface area contributed by atoms with Crippen LogP contribution in [0.4, 0.5) is 4.79 Å². The predicted octanol–water partition coefficient (Wildman–Crippen LogP) is 1.70. The number of urea groups is 1. The first-order valence-corrected chi connectivity index (χ1v) is 7.76. The lowest BCUT2D eigenvalue weighted by molar-refractivity contribution is -0.146. The molecule has 1 saturated heterocycles. The molecule has 3 unspecified atom stereocenters. The Labute approximate surface area is 125 Å². The summed E-state index contributed by atoms with van der Waals surface area (Å²) in [6, 6.07) is -0.245. The van der Waals surface area contributed by atoms with Gasteiger partial charge in [0.2, 0.25) is 0 Å². The molecule has 1 aliphatic heterocycles. The maximum absolute atomic E-state index is 12.4. The minimum Gasteiger partial charge on any atom is -0.480 e. The number of methoxy groups -OCH3 is 1. The third-order valence-corrected chi connectivity index (χ3v) is 4.73. The van der Waals surface area contributed by atoms with Gasteiger partial charge in [0.25, 0.3) is 0 Å². The Balaban J connectivity index is 1.98. The Hall–Kier alpha value is -1.30. The van der Waals surface area contributed by atoms with Gasteiger partial charge < -0.3 is 20.1 Å². The van der Waals surface area contributed by atoms with Crippen LogP contribution in [0.25, 0.3) is 0 Å².